The number of aromatic nitrogens is 2. The van der Waals surface area contributed by atoms with Gasteiger partial charge in [0.2, 0.25) is 0 Å². The van der Waals surface area contributed by atoms with Gasteiger partial charge in [0.25, 0.3) is 0 Å². The third-order valence-electron chi connectivity index (χ3n) is 3.25. The largest absolute Gasteiger partial charge is 0.379 e. The molecule has 0 spiro atoms. The molecule has 2 aromatic heterocycles. The van der Waals surface area contributed by atoms with Crippen LogP contribution in [0.15, 0.2) is 12.1 Å². The highest BCUT2D eigenvalue weighted by atomic mass is 35.5. The Balaban J connectivity index is 1.86. The molecule has 18 heavy (non-hydrogen) atoms. The molecule has 0 aliphatic carbocycles. The lowest BCUT2D eigenvalue weighted by Gasteiger charge is -2.25. The molecule has 2 aromatic rings. The molecular weight excluding hydrogens is 250 g/mol. The van der Waals surface area contributed by atoms with Crippen LogP contribution in [0.25, 0.3) is 10.9 Å². The van der Waals surface area contributed by atoms with Crippen molar-refractivity contribution in [2.75, 3.05) is 26.3 Å². The van der Waals surface area contributed by atoms with Crippen molar-refractivity contribution in [1.82, 2.24) is 14.9 Å². The molecule has 0 atom stereocenters. The summed E-state index contributed by atoms with van der Waals surface area (Å²) in [7, 11) is 0. The molecule has 0 saturated carbocycles. The Bertz CT molecular complexity index is 561. The van der Waals surface area contributed by atoms with Crippen molar-refractivity contribution in [3.63, 3.8) is 0 Å². The van der Waals surface area contributed by atoms with Gasteiger partial charge in [-0.15, -0.1) is 0 Å². The fraction of sp³-hybridized carbons (Fsp3) is 0.462. The second-order valence-electron chi connectivity index (χ2n) is 4.70. The minimum absolute atomic E-state index is 0.578. The number of fused-ring (bicyclic) bond motifs is 1. The zero-order chi connectivity index (χ0) is 12.5. The molecule has 3 heterocycles. The number of H-pyrrole nitrogens is 1. The average Bonchev–Trinajstić information content (AvgIpc) is 2.73. The van der Waals surface area contributed by atoms with E-state index in [2.05, 4.69) is 20.9 Å². The number of morpholine rings is 1. The Morgan fingerprint density at radius 3 is 2.94 bits per heavy atom. The predicted molar refractivity (Wildman–Crippen MR) is 71.9 cm³/mol. The van der Waals surface area contributed by atoms with Crippen LogP contribution in [0.1, 0.15) is 11.4 Å². The van der Waals surface area contributed by atoms with Crippen LogP contribution in [-0.2, 0) is 11.3 Å². The van der Waals surface area contributed by atoms with E-state index >= 15 is 0 Å². The number of aromatic amines is 1. The molecular formula is C13H16ClN3O. The summed E-state index contributed by atoms with van der Waals surface area (Å²) >= 11 is 6.15. The van der Waals surface area contributed by atoms with E-state index in [1.165, 1.54) is 5.69 Å². The van der Waals surface area contributed by atoms with Crippen LogP contribution in [0, 0.1) is 6.92 Å². The van der Waals surface area contributed by atoms with E-state index in [1.807, 2.05) is 13.0 Å². The Morgan fingerprint density at radius 2 is 2.17 bits per heavy atom. The fourth-order valence-corrected chi connectivity index (χ4v) is 2.64. The van der Waals surface area contributed by atoms with Gasteiger partial charge in [-0.2, -0.15) is 0 Å². The Labute approximate surface area is 111 Å². The second kappa shape index (κ2) is 4.88. The van der Waals surface area contributed by atoms with E-state index in [-0.39, 0.29) is 0 Å². The molecule has 3 rings (SSSR count). The van der Waals surface area contributed by atoms with Gasteiger partial charge in [-0.25, -0.2) is 4.98 Å². The lowest BCUT2D eigenvalue weighted by atomic mass is 10.3. The third-order valence-corrected chi connectivity index (χ3v) is 3.54. The molecule has 1 saturated heterocycles. The molecule has 96 valence electrons. The average molecular weight is 266 g/mol. The number of hydrogen-bond donors (Lipinski definition) is 1. The molecule has 0 radical (unpaired) electrons. The van der Waals surface area contributed by atoms with Gasteiger partial charge in [-0.1, -0.05) is 11.6 Å². The van der Waals surface area contributed by atoms with Crippen molar-refractivity contribution in [3.8, 4) is 0 Å². The number of pyridine rings is 1. The molecule has 0 amide bonds. The minimum Gasteiger partial charge on any atom is -0.379 e. The summed E-state index contributed by atoms with van der Waals surface area (Å²) in [6.45, 7) is 6.48. The Morgan fingerprint density at radius 1 is 1.39 bits per heavy atom. The maximum atomic E-state index is 6.15. The number of hydrogen-bond acceptors (Lipinski definition) is 3. The molecule has 0 unspecified atom stereocenters. The van der Waals surface area contributed by atoms with Gasteiger partial charge < -0.3 is 9.72 Å². The first kappa shape index (κ1) is 12.0. The van der Waals surface area contributed by atoms with Crippen LogP contribution >= 0.6 is 11.6 Å². The first-order valence-electron chi connectivity index (χ1n) is 6.17. The van der Waals surface area contributed by atoms with E-state index < -0.39 is 0 Å². The van der Waals surface area contributed by atoms with Gasteiger partial charge in [0.1, 0.15) is 5.15 Å². The van der Waals surface area contributed by atoms with Crippen molar-refractivity contribution in [2.24, 2.45) is 0 Å². The Hall–Kier alpha value is -1.10. The number of aryl methyl sites for hydroxylation is 1. The molecule has 1 aliphatic heterocycles. The molecule has 1 aliphatic rings. The van der Waals surface area contributed by atoms with Gasteiger partial charge in [-0.3, -0.25) is 4.90 Å². The molecule has 1 fully saturated rings. The predicted octanol–water partition coefficient (Wildman–Crippen LogP) is 2.36. The minimum atomic E-state index is 0.578. The maximum absolute atomic E-state index is 6.15. The standard InChI is InChI=1S/C13H16ClN3O/c1-9-6-12-11(13(14)15-9)7-10(16-12)8-17-2-4-18-5-3-17/h6-7,16H,2-5,8H2,1H3. The highest BCUT2D eigenvalue weighted by molar-refractivity contribution is 6.34. The Kier molecular flexibility index (Phi) is 3.24. The summed E-state index contributed by atoms with van der Waals surface area (Å²) in [4.78, 5) is 10.1. The van der Waals surface area contributed by atoms with Crippen molar-refractivity contribution in [3.05, 3.63) is 28.7 Å². The van der Waals surface area contributed by atoms with Gasteiger partial charge >= 0.3 is 0 Å². The number of halogens is 1. The van der Waals surface area contributed by atoms with Gasteiger partial charge in [0.15, 0.2) is 0 Å². The van der Waals surface area contributed by atoms with E-state index in [9.17, 15) is 0 Å². The van der Waals surface area contributed by atoms with Gasteiger partial charge in [0.05, 0.1) is 18.7 Å². The smallest absolute Gasteiger partial charge is 0.138 e. The van der Waals surface area contributed by atoms with Crippen LogP contribution in [0.5, 0.6) is 0 Å². The molecule has 4 nitrogen and oxygen atoms in total. The summed E-state index contributed by atoms with van der Waals surface area (Å²) in [6, 6.07) is 4.13. The van der Waals surface area contributed by atoms with Crippen LogP contribution in [0.3, 0.4) is 0 Å². The zero-order valence-corrected chi connectivity index (χ0v) is 11.1. The summed E-state index contributed by atoms with van der Waals surface area (Å²) in [6.07, 6.45) is 0. The first-order valence-corrected chi connectivity index (χ1v) is 6.55. The van der Waals surface area contributed by atoms with E-state index in [4.69, 9.17) is 16.3 Å². The fourth-order valence-electron chi connectivity index (χ4n) is 2.35. The number of rotatable bonds is 2. The van der Waals surface area contributed by atoms with Gasteiger partial charge in [0, 0.05) is 36.4 Å². The highest BCUT2D eigenvalue weighted by Crippen LogP contribution is 2.24. The van der Waals surface area contributed by atoms with E-state index in [0.717, 1.165) is 49.4 Å². The van der Waals surface area contributed by atoms with Crippen LogP contribution in [0.4, 0.5) is 0 Å². The van der Waals surface area contributed by atoms with Crippen LogP contribution in [0.2, 0.25) is 5.15 Å². The quantitative estimate of drug-likeness (QED) is 0.848. The molecule has 0 bridgehead atoms. The van der Waals surface area contributed by atoms with E-state index in [1.54, 1.807) is 0 Å². The maximum Gasteiger partial charge on any atom is 0.138 e. The lowest BCUT2D eigenvalue weighted by molar-refractivity contribution is 0.0337. The number of nitrogens with one attached hydrogen (secondary N) is 1. The molecule has 1 N–H and O–H groups in total. The normalized spacial score (nSPS) is 17.4. The zero-order valence-electron chi connectivity index (χ0n) is 10.4. The highest BCUT2D eigenvalue weighted by Gasteiger charge is 2.13. The number of nitrogens with zero attached hydrogens (tertiary/aromatic N) is 2. The summed E-state index contributed by atoms with van der Waals surface area (Å²) in [5.74, 6) is 0. The summed E-state index contributed by atoms with van der Waals surface area (Å²) < 4.78 is 5.35. The molecule has 0 aromatic carbocycles. The van der Waals surface area contributed by atoms with Crippen molar-refractivity contribution in [1.29, 1.82) is 0 Å². The topological polar surface area (TPSA) is 41.2 Å². The monoisotopic (exact) mass is 265 g/mol. The summed E-state index contributed by atoms with van der Waals surface area (Å²) in [5.41, 5.74) is 3.18. The van der Waals surface area contributed by atoms with Crippen molar-refractivity contribution in [2.45, 2.75) is 13.5 Å². The lowest BCUT2D eigenvalue weighted by Crippen LogP contribution is -2.35. The number of ether oxygens (including phenoxy) is 1. The summed E-state index contributed by atoms with van der Waals surface area (Å²) in [5, 5.41) is 1.58. The third kappa shape index (κ3) is 2.36. The van der Waals surface area contributed by atoms with Crippen molar-refractivity contribution < 1.29 is 4.74 Å². The van der Waals surface area contributed by atoms with Gasteiger partial charge in [-0.05, 0) is 19.1 Å². The SMILES string of the molecule is Cc1cc2[nH]c(CN3CCOCC3)cc2c(Cl)n1. The van der Waals surface area contributed by atoms with Crippen LogP contribution in [-0.4, -0.2) is 41.2 Å². The van der Waals surface area contributed by atoms with Crippen LogP contribution < -0.4 is 0 Å². The first-order chi connectivity index (χ1) is 8.72. The molecule has 5 heteroatoms. The van der Waals surface area contributed by atoms with E-state index in [0.29, 0.717) is 5.15 Å². The second-order valence-corrected chi connectivity index (χ2v) is 5.06. The van der Waals surface area contributed by atoms with Crippen molar-refractivity contribution >= 4 is 22.5 Å².